The summed E-state index contributed by atoms with van der Waals surface area (Å²) in [5.41, 5.74) is 3.82. The van der Waals surface area contributed by atoms with Crippen molar-refractivity contribution in [1.29, 1.82) is 0 Å². The lowest BCUT2D eigenvalue weighted by Crippen LogP contribution is -2.45. The lowest BCUT2D eigenvalue weighted by atomic mass is 10.1. The van der Waals surface area contributed by atoms with Crippen LogP contribution in [-0.2, 0) is 6.54 Å². The van der Waals surface area contributed by atoms with Gasteiger partial charge in [0.2, 0.25) is 0 Å². The van der Waals surface area contributed by atoms with Crippen molar-refractivity contribution in [3.05, 3.63) is 83.9 Å². The molecule has 1 aliphatic rings. The third-order valence-electron chi connectivity index (χ3n) is 5.84. The van der Waals surface area contributed by atoms with Crippen molar-refractivity contribution in [2.45, 2.75) is 13.5 Å². The van der Waals surface area contributed by atoms with Crippen molar-refractivity contribution < 1.29 is 14.3 Å². The molecule has 0 unspecified atom stereocenters. The Hall–Kier alpha value is -3.51. The van der Waals surface area contributed by atoms with Crippen LogP contribution in [0.25, 0.3) is 0 Å². The Labute approximate surface area is 195 Å². The van der Waals surface area contributed by atoms with E-state index in [1.54, 1.807) is 25.3 Å². The number of hydrogen-bond acceptors (Lipinski definition) is 5. The average Bonchev–Trinajstić information content (AvgIpc) is 2.86. The average molecular weight is 446 g/mol. The molecule has 1 amide bonds. The Bertz CT molecular complexity index is 1050. The standard InChI is InChI=1S/C27H31N3O3/c1-3-33-25-14-9-22(19-26(25)32-2)27(31)28-23-10-12-24(13-11-23)30-17-15-29(16-18-30)20-21-7-5-4-6-8-21/h4-14,19H,3,15-18,20H2,1-2H3,(H,28,31). The summed E-state index contributed by atoms with van der Waals surface area (Å²) in [6.45, 7) is 7.50. The van der Waals surface area contributed by atoms with Gasteiger partial charge >= 0.3 is 0 Å². The summed E-state index contributed by atoms with van der Waals surface area (Å²) in [5, 5.41) is 2.96. The number of methoxy groups -OCH3 is 1. The number of amides is 1. The van der Waals surface area contributed by atoms with Gasteiger partial charge in [-0.15, -0.1) is 0 Å². The number of carbonyl (C=O) groups is 1. The monoisotopic (exact) mass is 445 g/mol. The molecule has 1 N–H and O–H groups in total. The van der Waals surface area contributed by atoms with Crippen molar-refractivity contribution in [2.75, 3.05) is 50.1 Å². The van der Waals surface area contributed by atoms with E-state index in [1.807, 2.05) is 19.1 Å². The van der Waals surface area contributed by atoms with E-state index in [1.165, 1.54) is 11.3 Å². The van der Waals surface area contributed by atoms with Crippen molar-refractivity contribution in [1.82, 2.24) is 4.90 Å². The fourth-order valence-electron chi connectivity index (χ4n) is 4.05. The van der Waals surface area contributed by atoms with Crippen LogP contribution in [0.1, 0.15) is 22.8 Å². The Morgan fingerprint density at radius 1 is 0.909 bits per heavy atom. The highest BCUT2D eigenvalue weighted by molar-refractivity contribution is 6.04. The number of anilines is 2. The molecule has 0 bridgehead atoms. The smallest absolute Gasteiger partial charge is 0.255 e. The fraction of sp³-hybridized carbons (Fsp3) is 0.296. The first-order valence-electron chi connectivity index (χ1n) is 11.4. The summed E-state index contributed by atoms with van der Waals surface area (Å²) in [4.78, 5) is 17.6. The van der Waals surface area contributed by atoms with Gasteiger partial charge in [0, 0.05) is 49.7 Å². The van der Waals surface area contributed by atoms with Gasteiger partial charge in [0.15, 0.2) is 11.5 Å². The number of hydrogen-bond donors (Lipinski definition) is 1. The molecule has 1 heterocycles. The van der Waals surface area contributed by atoms with Crippen molar-refractivity contribution in [2.24, 2.45) is 0 Å². The molecule has 0 saturated carbocycles. The molecule has 0 radical (unpaired) electrons. The summed E-state index contributed by atoms with van der Waals surface area (Å²) >= 11 is 0. The molecule has 6 nitrogen and oxygen atoms in total. The minimum absolute atomic E-state index is 0.182. The minimum Gasteiger partial charge on any atom is -0.493 e. The second kappa shape index (κ2) is 10.9. The molecule has 4 rings (SSSR count). The van der Waals surface area contributed by atoms with E-state index >= 15 is 0 Å². The maximum atomic E-state index is 12.7. The molecule has 0 spiro atoms. The van der Waals surface area contributed by atoms with E-state index in [-0.39, 0.29) is 5.91 Å². The van der Waals surface area contributed by atoms with E-state index < -0.39 is 0 Å². The molecular formula is C27H31N3O3. The Kier molecular flexibility index (Phi) is 7.47. The van der Waals surface area contributed by atoms with E-state index in [2.05, 4.69) is 57.6 Å². The molecule has 1 aliphatic heterocycles. The van der Waals surface area contributed by atoms with Gasteiger partial charge in [-0.25, -0.2) is 0 Å². The number of rotatable bonds is 8. The topological polar surface area (TPSA) is 54.0 Å². The van der Waals surface area contributed by atoms with Gasteiger partial charge in [0.1, 0.15) is 0 Å². The van der Waals surface area contributed by atoms with Crippen LogP contribution in [0.2, 0.25) is 0 Å². The van der Waals surface area contributed by atoms with E-state index in [0.717, 1.165) is 38.4 Å². The van der Waals surface area contributed by atoms with Crippen molar-refractivity contribution in [3.8, 4) is 11.5 Å². The summed E-state index contributed by atoms with van der Waals surface area (Å²) in [7, 11) is 1.57. The summed E-state index contributed by atoms with van der Waals surface area (Å²) in [6.07, 6.45) is 0. The molecule has 33 heavy (non-hydrogen) atoms. The minimum atomic E-state index is -0.182. The van der Waals surface area contributed by atoms with Gasteiger partial charge in [-0.2, -0.15) is 0 Å². The summed E-state index contributed by atoms with van der Waals surface area (Å²) < 4.78 is 10.9. The Morgan fingerprint density at radius 3 is 2.30 bits per heavy atom. The maximum Gasteiger partial charge on any atom is 0.255 e. The van der Waals surface area contributed by atoms with Crippen LogP contribution in [0, 0.1) is 0 Å². The van der Waals surface area contributed by atoms with Gasteiger partial charge in [-0.1, -0.05) is 30.3 Å². The van der Waals surface area contributed by atoms with Gasteiger partial charge in [0.05, 0.1) is 13.7 Å². The lowest BCUT2D eigenvalue weighted by Gasteiger charge is -2.36. The zero-order chi connectivity index (χ0) is 23.0. The highest BCUT2D eigenvalue weighted by Crippen LogP contribution is 2.28. The summed E-state index contributed by atoms with van der Waals surface area (Å²) in [5.74, 6) is 0.995. The molecule has 0 aliphatic carbocycles. The SMILES string of the molecule is CCOc1ccc(C(=O)Nc2ccc(N3CCN(Cc4ccccc4)CC3)cc2)cc1OC. The molecule has 0 aromatic heterocycles. The van der Waals surface area contributed by atoms with E-state index in [4.69, 9.17) is 9.47 Å². The van der Waals surface area contributed by atoms with Gasteiger partial charge in [-0.3, -0.25) is 9.69 Å². The molecule has 3 aromatic carbocycles. The Morgan fingerprint density at radius 2 is 1.64 bits per heavy atom. The highest BCUT2D eigenvalue weighted by atomic mass is 16.5. The Balaban J connectivity index is 1.32. The molecule has 6 heteroatoms. The molecule has 3 aromatic rings. The second-order valence-corrected chi connectivity index (χ2v) is 8.05. The number of nitrogens with zero attached hydrogens (tertiary/aromatic N) is 2. The van der Waals surface area contributed by atoms with Crippen LogP contribution < -0.4 is 19.7 Å². The molecule has 1 saturated heterocycles. The molecule has 0 atom stereocenters. The number of ether oxygens (including phenoxy) is 2. The van der Waals surface area contributed by atoms with E-state index in [9.17, 15) is 4.79 Å². The predicted octanol–water partition coefficient (Wildman–Crippen LogP) is 4.67. The van der Waals surface area contributed by atoms with Crippen LogP contribution in [0.4, 0.5) is 11.4 Å². The van der Waals surface area contributed by atoms with Crippen LogP contribution in [0.5, 0.6) is 11.5 Å². The predicted molar refractivity (Wildman–Crippen MR) is 132 cm³/mol. The first-order valence-corrected chi connectivity index (χ1v) is 11.4. The lowest BCUT2D eigenvalue weighted by molar-refractivity contribution is 0.102. The maximum absolute atomic E-state index is 12.7. The van der Waals surface area contributed by atoms with Crippen molar-refractivity contribution >= 4 is 17.3 Å². The second-order valence-electron chi connectivity index (χ2n) is 8.05. The first kappa shape index (κ1) is 22.7. The molecular weight excluding hydrogens is 414 g/mol. The van der Waals surface area contributed by atoms with Crippen LogP contribution in [-0.4, -0.2) is 50.7 Å². The van der Waals surface area contributed by atoms with Gasteiger partial charge in [-0.05, 0) is 55.0 Å². The van der Waals surface area contributed by atoms with Crippen LogP contribution in [0.3, 0.4) is 0 Å². The molecule has 1 fully saturated rings. The van der Waals surface area contributed by atoms with E-state index in [0.29, 0.717) is 23.7 Å². The number of nitrogens with one attached hydrogen (secondary N) is 1. The fourth-order valence-corrected chi connectivity index (χ4v) is 4.05. The van der Waals surface area contributed by atoms with Crippen LogP contribution in [0.15, 0.2) is 72.8 Å². The molecule has 172 valence electrons. The third kappa shape index (κ3) is 5.84. The normalized spacial score (nSPS) is 14.1. The third-order valence-corrected chi connectivity index (χ3v) is 5.84. The zero-order valence-electron chi connectivity index (χ0n) is 19.3. The highest BCUT2D eigenvalue weighted by Gasteiger charge is 2.17. The number of carbonyl (C=O) groups excluding carboxylic acids is 1. The van der Waals surface area contributed by atoms with Crippen molar-refractivity contribution in [3.63, 3.8) is 0 Å². The van der Waals surface area contributed by atoms with Gasteiger partial charge in [0.25, 0.3) is 5.91 Å². The quantitative estimate of drug-likeness (QED) is 0.546. The number of benzene rings is 3. The summed E-state index contributed by atoms with van der Waals surface area (Å²) in [6, 6.07) is 23.9. The van der Waals surface area contributed by atoms with Gasteiger partial charge < -0.3 is 19.7 Å². The zero-order valence-corrected chi connectivity index (χ0v) is 19.3. The largest absolute Gasteiger partial charge is 0.493 e. The number of piperazine rings is 1. The van der Waals surface area contributed by atoms with Crippen LogP contribution >= 0.6 is 0 Å². The first-order chi connectivity index (χ1) is 16.2.